The van der Waals surface area contributed by atoms with Crippen molar-refractivity contribution in [2.75, 3.05) is 58.1 Å². The van der Waals surface area contributed by atoms with Gasteiger partial charge in [-0.25, -0.2) is 4.57 Å². The second kappa shape index (κ2) is 30.4. The normalized spacial score (nSPS) is 17.4. The van der Waals surface area contributed by atoms with Crippen LogP contribution in [0.5, 0.6) is 5.75 Å². The number of ether oxygens (including phenoxy) is 8. The zero-order valence-corrected chi connectivity index (χ0v) is 44.3. The minimum Gasteiger partial charge on any atom is -0.488 e. The van der Waals surface area contributed by atoms with Gasteiger partial charge in [-0.15, -0.1) is 0 Å². The lowest BCUT2D eigenvalue weighted by molar-refractivity contribution is -0.327. The minimum absolute atomic E-state index is 0.00755. The highest BCUT2D eigenvalue weighted by Crippen LogP contribution is 2.51. The van der Waals surface area contributed by atoms with Gasteiger partial charge in [-0.05, 0) is 59.0 Å². The van der Waals surface area contributed by atoms with Crippen LogP contribution in [0, 0.1) is 0 Å². The van der Waals surface area contributed by atoms with E-state index in [2.05, 4.69) is 10.6 Å². The average molecular weight is 1090 g/mol. The summed E-state index contributed by atoms with van der Waals surface area (Å²) in [6, 6.07) is 54.4. The summed E-state index contributed by atoms with van der Waals surface area (Å²) >= 11 is 0. The van der Waals surface area contributed by atoms with E-state index in [1.807, 2.05) is 152 Å². The molecule has 0 aromatic heterocycles. The van der Waals surface area contributed by atoms with Crippen LogP contribution in [-0.4, -0.2) is 89.4 Å². The lowest BCUT2D eigenvalue weighted by Gasteiger charge is -2.46. The second-order valence-electron chi connectivity index (χ2n) is 17.9. The molecule has 1 unspecified atom stereocenters. The van der Waals surface area contributed by atoms with Gasteiger partial charge in [0.15, 0.2) is 12.0 Å². The third kappa shape index (κ3) is 17.4. The summed E-state index contributed by atoms with van der Waals surface area (Å²) in [5, 5.41) is 5.71. The van der Waals surface area contributed by atoms with Crippen molar-refractivity contribution in [3.63, 3.8) is 0 Å². The first-order valence-electron chi connectivity index (χ1n) is 25.9. The number of hydrogen-bond donors (Lipinski definition) is 2. The van der Waals surface area contributed by atoms with E-state index in [-0.39, 0.29) is 103 Å². The number of carbonyl (C=O) groups is 1. The Morgan fingerprint density at radius 3 is 1.49 bits per heavy atom. The quantitative estimate of drug-likeness (QED) is 0.0224. The number of anilines is 2. The third-order valence-corrected chi connectivity index (χ3v) is 13.6. The predicted molar refractivity (Wildman–Crippen MR) is 292 cm³/mol. The van der Waals surface area contributed by atoms with E-state index in [9.17, 15) is 18.9 Å². The number of carbonyl (C=O) groups excluding carboxylic acids is 1. The van der Waals surface area contributed by atoms with Crippen LogP contribution in [-0.2, 0) is 84.3 Å². The van der Waals surface area contributed by atoms with Gasteiger partial charge < -0.3 is 48.5 Å². The first-order chi connectivity index (χ1) is 38.2. The van der Waals surface area contributed by atoms with Crippen molar-refractivity contribution in [2.45, 2.75) is 70.7 Å². The maximum Gasteiger partial charge on any atom is 0.475 e. The molecule has 7 aromatic rings. The highest BCUT2D eigenvalue weighted by molar-refractivity contribution is 7.48. The fourth-order valence-electron chi connectivity index (χ4n) is 8.25. The molecule has 2 N–H and O–H groups in total. The number of phosphoric ester groups is 1. The van der Waals surface area contributed by atoms with Gasteiger partial charge in [-0.1, -0.05) is 152 Å². The van der Waals surface area contributed by atoms with Crippen molar-refractivity contribution < 1.29 is 60.8 Å². The van der Waals surface area contributed by atoms with Crippen LogP contribution in [0.4, 0.5) is 11.4 Å². The van der Waals surface area contributed by atoms with Crippen molar-refractivity contribution >= 4 is 25.1 Å². The number of rotatable bonds is 33. The number of amides is 1. The van der Waals surface area contributed by atoms with Crippen LogP contribution in [0.1, 0.15) is 45.1 Å². The summed E-state index contributed by atoms with van der Waals surface area (Å²) in [6.45, 7) is 3.34. The highest BCUT2D eigenvalue weighted by atomic mass is 31.2. The van der Waals surface area contributed by atoms with Crippen LogP contribution in [0.15, 0.2) is 186 Å². The number of phosphoric acid groups is 1. The van der Waals surface area contributed by atoms with Crippen LogP contribution in [0.25, 0.3) is 0 Å². The summed E-state index contributed by atoms with van der Waals surface area (Å²) in [6.07, 6.45) is -4.56. The molecule has 0 radical (unpaired) electrons. The molecule has 0 spiro atoms. The van der Waals surface area contributed by atoms with E-state index in [0.29, 0.717) is 11.3 Å². The molecule has 1 aliphatic heterocycles. The molecule has 7 aromatic carbocycles. The molecule has 1 fully saturated rings. The number of nitrogens with one attached hydrogen (secondary N) is 2. The molecule has 0 aliphatic carbocycles. The lowest BCUT2D eigenvalue weighted by atomic mass is 9.98. The van der Waals surface area contributed by atoms with Crippen LogP contribution in [0.3, 0.4) is 0 Å². The first kappa shape index (κ1) is 57.5. The fourth-order valence-corrected chi connectivity index (χ4v) is 9.41. The Morgan fingerprint density at radius 1 is 0.513 bits per heavy atom. The van der Waals surface area contributed by atoms with Gasteiger partial charge in [0.25, 0.3) is 16.8 Å². The predicted octanol–water partition coefficient (Wildman–Crippen LogP) is 9.24. The van der Waals surface area contributed by atoms with E-state index in [1.165, 1.54) is 0 Å². The average Bonchev–Trinajstić information content (AvgIpc) is 3.55. The molecule has 1 aliphatic rings. The van der Waals surface area contributed by atoms with Gasteiger partial charge >= 0.3 is 7.82 Å². The van der Waals surface area contributed by atoms with Gasteiger partial charge in [0, 0.05) is 17.8 Å². The maximum atomic E-state index is 14.7. The Hall–Kier alpha value is -6.70. The minimum atomic E-state index is -4.29. The molecule has 5 atom stereocenters. The van der Waals surface area contributed by atoms with E-state index in [1.54, 1.807) is 31.2 Å². The van der Waals surface area contributed by atoms with Gasteiger partial charge in [-0.3, -0.25) is 28.0 Å². The smallest absolute Gasteiger partial charge is 0.475 e. The zero-order valence-electron chi connectivity index (χ0n) is 43.4. The molecule has 18 heteroatoms. The summed E-state index contributed by atoms with van der Waals surface area (Å²) in [5.74, 6) is -0.302. The van der Waals surface area contributed by atoms with E-state index < -0.39 is 49.4 Å². The van der Waals surface area contributed by atoms with E-state index in [4.69, 9.17) is 51.5 Å². The molecule has 8 rings (SSSR count). The summed E-state index contributed by atoms with van der Waals surface area (Å²) < 4.78 is 83.6. The maximum absolute atomic E-state index is 14.7. The molecule has 1 amide bonds. The molecule has 0 bridgehead atoms. The van der Waals surface area contributed by atoms with E-state index in [0.717, 1.165) is 27.8 Å². The van der Waals surface area contributed by atoms with Crippen LogP contribution in [0.2, 0.25) is 0 Å². The van der Waals surface area contributed by atoms with E-state index >= 15 is 0 Å². The Balaban J connectivity index is 0.912. The SMILES string of the molecule is CCOc1c(Nc2ccc(C(=O)NCCOCCOCCOC3O[C@H](COP(=O)(OCc4ccccc4)OCc4ccccc4)[C@@H](OCc4ccccc4)[C@H](OCc4ccccc4)[C@@H]3OCc3ccccc3)cc2)c(=O)c1=O. The summed E-state index contributed by atoms with van der Waals surface area (Å²) in [5.41, 5.74) is 4.00. The van der Waals surface area contributed by atoms with Crippen molar-refractivity contribution in [3.05, 3.63) is 230 Å². The molecule has 0 saturated carbocycles. The monoisotopic (exact) mass is 1080 g/mol. The standard InChI is InChI=1S/C60H65N2O15P/c1-2-69-56-52(53(63)54(56)64)62-50-30-28-49(29-31-50)59(65)61-32-33-67-34-35-68-36-37-70-60-58(73-40-46-22-12-5-13-23-46)57(72-39-45-20-10-4-11-21-45)55(71-38-44-18-8-3-9-19-44)51(77-60)43-76-78(66,74-41-47-24-14-6-15-25-47)75-42-48-26-16-7-17-27-48/h3-31,51,55,57-58,60,62H,2,32-43H2,1H3,(H,61,65)/t51-,55-,57+,58+,60?/m1/s1. The largest absolute Gasteiger partial charge is 0.488 e. The Labute approximate surface area is 453 Å². The fraction of sp³-hybridized carbons (Fsp3) is 0.317. The van der Waals surface area contributed by atoms with Gasteiger partial charge in [0.1, 0.15) is 30.1 Å². The number of hydrogen-bond acceptors (Lipinski definition) is 16. The topological polar surface area (TPSA) is 194 Å². The highest BCUT2D eigenvalue weighted by Gasteiger charge is 2.50. The van der Waals surface area contributed by atoms with Crippen molar-refractivity contribution in [1.29, 1.82) is 0 Å². The summed E-state index contributed by atoms with van der Waals surface area (Å²) in [7, 11) is -4.29. The van der Waals surface area contributed by atoms with Crippen LogP contribution >= 0.6 is 7.82 Å². The second-order valence-corrected chi connectivity index (χ2v) is 19.6. The molecule has 410 valence electrons. The van der Waals surface area contributed by atoms with Crippen molar-refractivity contribution in [2.24, 2.45) is 0 Å². The Kier molecular flexibility index (Phi) is 22.4. The van der Waals surface area contributed by atoms with Crippen molar-refractivity contribution in [1.82, 2.24) is 5.32 Å². The van der Waals surface area contributed by atoms with Gasteiger partial charge in [0.05, 0.1) is 79.3 Å². The molecule has 1 saturated heterocycles. The van der Waals surface area contributed by atoms with Gasteiger partial charge in [-0.2, -0.15) is 0 Å². The Bertz CT molecular complexity index is 2920. The number of benzene rings is 6. The molecular weight excluding hydrogens is 1020 g/mol. The zero-order chi connectivity index (χ0) is 54.2. The Morgan fingerprint density at radius 2 is 0.974 bits per heavy atom. The first-order valence-corrected chi connectivity index (χ1v) is 27.3. The summed E-state index contributed by atoms with van der Waals surface area (Å²) in [4.78, 5) is 36.6. The molecular formula is C60H65N2O15P. The molecule has 1 heterocycles. The van der Waals surface area contributed by atoms with Crippen molar-refractivity contribution in [3.8, 4) is 5.75 Å². The molecule has 78 heavy (non-hydrogen) atoms. The third-order valence-electron chi connectivity index (χ3n) is 12.3. The van der Waals surface area contributed by atoms with Crippen LogP contribution < -0.4 is 26.2 Å². The lowest BCUT2D eigenvalue weighted by Crippen LogP contribution is -2.61. The van der Waals surface area contributed by atoms with Gasteiger partial charge in [0.2, 0.25) is 0 Å². The molecule has 17 nitrogen and oxygen atoms in total.